The highest BCUT2D eigenvalue weighted by atomic mass is 16.3. The number of hydrogen-bond acceptors (Lipinski definition) is 5. The van der Waals surface area contributed by atoms with Gasteiger partial charge in [0.15, 0.2) is 5.82 Å². The minimum atomic E-state index is -0.589. The molecule has 0 unspecified atom stereocenters. The summed E-state index contributed by atoms with van der Waals surface area (Å²) < 4.78 is 0. The average Bonchev–Trinajstić information content (AvgIpc) is 2.09. The maximum atomic E-state index is 10.7. The van der Waals surface area contributed by atoms with Crippen molar-refractivity contribution in [3.63, 3.8) is 0 Å². The molecule has 1 rings (SSSR count). The highest BCUT2D eigenvalue weighted by Crippen LogP contribution is 2.10. The maximum absolute atomic E-state index is 10.7. The van der Waals surface area contributed by atoms with Crippen LogP contribution in [0.1, 0.15) is 0 Å². The Morgan fingerprint density at radius 2 is 2.50 bits per heavy atom. The first kappa shape index (κ1) is 8.41. The number of rotatable bonds is 2. The molecule has 0 atom stereocenters. The van der Waals surface area contributed by atoms with Crippen molar-refractivity contribution >= 4 is 17.4 Å². The van der Waals surface area contributed by atoms with Gasteiger partial charge >= 0.3 is 0 Å². The summed E-state index contributed by atoms with van der Waals surface area (Å²) in [5, 5.41) is 10.7. The van der Waals surface area contributed by atoms with Gasteiger partial charge in [-0.05, 0) is 0 Å². The fourth-order valence-electron chi connectivity index (χ4n) is 0.625. The lowest BCUT2D eigenvalue weighted by atomic mass is 10.4. The summed E-state index contributed by atoms with van der Waals surface area (Å²) in [4.78, 5) is 17.9. The molecule has 0 aliphatic rings. The van der Waals surface area contributed by atoms with Crippen LogP contribution in [0.2, 0.25) is 0 Å². The zero-order valence-corrected chi connectivity index (χ0v) is 6.19. The summed E-state index contributed by atoms with van der Waals surface area (Å²) in [6.07, 6.45) is 2.62. The molecule has 0 aliphatic heterocycles. The molecule has 1 amide bonds. The fourth-order valence-corrected chi connectivity index (χ4v) is 0.625. The van der Waals surface area contributed by atoms with E-state index in [1.165, 1.54) is 12.5 Å². The summed E-state index contributed by atoms with van der Waals surface area (Å²) in [6.45, 7) is -0.589. The molecule has 0 aliphatic carbocycles. The van der Waals surface area contributed by atoms with Gasteiger partial charge < -0.3 is 16.2 Å². The Morgan fingerprint density at radius 1 is 1.75 bits per heavy atom. The second-order valence-corrected chi connectivity index (χ2v) is 2.03. The molecule has 0 fully saturated rings. The summed E-state index contributed by atoms with van der Waals surface area (Å²) in [7, 11) is 0. The van der Waals surface area contributed by atoms with Crippen LogP contribution in [0.4, 0.5) is 11.5 Å². The van der Waals surface area contributed by atoms with Crippen LogP contribution in [0.5, 0.6) is 0 Å². The molecule has 6 nitrogen and oxygen atoms in total. The molecule has 1 heterocycles. The van der Waals surface area contributed by atoms with Crippen molar-refractivity contribution in [1.29, 1.82) is 0 Å². The molecular formula is C6H8N4O2. The predicted molar refractivity (Wildman–Crippen MR) is 42.2 cm³/mol. The van der Waals surface area contributed by atoms with E-state index < -0.39 is 12.5 Å². The van der Waals surface area contributed by atoms with Crippen molar-refractivity contribution in [2.24, 2.45) is 0 Å². The Morgan fingerprint density at radius 3 is 3.08 bits per heavy atom. The fraction of sp³-hybridized carbons (Fsp3) is 0.167. The van der Waals surface area contributed by atoms with Gasteiger partial charge in [0.25, 0.3) is 0 Å². The van der Waals surface area contributed by atoms with Gasteiger partial charge in [-0.1, -0.05) is 0 Å². The Balaban J connectivity index is 2.75. The number of nitrogens with two attached hydrogens (primary N) is 1. The van der Waals surface area contributed by atoms with Gasteiger partial charge in [-0.25, -0.2) is 9.97 Å². The number of hydrogen-bond donors (Lipinski definition) is 3. The molecule has 1 aromatic rings. The molecule has 12 heavy (non-hydrogen) atoms. The van der Waals surface area contributed by atoms with Gasteiger partial charge in [0, 0.05) is 0 Å². The number of aromatic nitrogens is 2. The van der Waals surface area contributed by atoms with Crippen LogP contribution < -0.4 is 11.1 Å². The van der Waals surface area contributed by atoms with Gasteiger partial charge in [-0.2, -0.15) is 0 Å². The van der Waals surface area contributed by atoms with Gasteiger partial charge in [-0.3, -0.25) is 4.79 Å². The number of nitrogen functional groups attached to an aromatic ring is 1. The zero-order valence-electron chi connectivity index (χ0n) is 6.19. The van der Waals surface area contributed by atoms with Gasteiger partial charge in [0.05, 0.1) is 6.20 Å². The Bertz CT molecular complexity index is 289. The molecular weight excluding hydrogens is 160 g/mol. The number of carbonyl (C=O) groups excluding carboxylic acids is 1. The predicted octanol–water partition coefficient (Wildman–Crippen LogP) is -1.01. The number of carbonyl (C=O) groups is 1. The lowest BCUT2D eigenvalue weighted by Gasteiger charge is -2.03. The first-order chi connectivity index (χ1) is 5.74. The largest absolute Gasteiger partial charge is 0.387 e. The van der Waals surface area contributed by atoms with E-state index in [-0.39, 0.29) is 5.82 Å². The Hall–Kier alpha value is -1.69. The highest BCUT2D eigenvalue weighted by Gasteiger charge is 2.03. The quantitative estimate of drug-likeness (QED) is 0.525. The zero-order chi connectivity index (χ0) is 8.97. The number of nitrogens with zero attached hydrogens (tertiary/aromatic N) is 2. The van der Waals surface area contributed by atoms with Crippen molar-refractivity contribution in [3.05, 3.63) is 12.5 Å². The van der Waals surface area contributed by atoms with E-state index in [0.717, 1.165) is 0 Å². The standard InChI is InChI=1S/C6H8N4O2/c7-6-4(1-8-3-9-6)10-5(12)2-11/h1,3,11H,2H2,(H,10,12)(H2,7,8,9). The lowest BCUT2D eigenvalue weighted by molar-refractivity contribution is -0.118. The molecule has 0 radical (unpaired) electrons. The molecule has 0 bridgehead atoms. The number of anilines is 2. The number of aliphatic hydroxyl groups is 1. The van der Waals surface area contributed by atoms with Crippen molar-refractivity contribution in [1.82, 2.24) is 9.97 Å². The number of aliphatic hydroxyl groups excluding tert-OH is 1. The number of nitrogens with one attached hydrogen (secondary N) is 1. The van der Waals surface area contributed by atoms with E-state index in [1.54, 1.807) is 0 Å². The van der Waals surface area contributed by atoms with E-state index in [2.05, 4.69) is 15.3 Å². The maximum Gasteiger partial charge on any atom is 0.250 e. The van der Waals surface area contributed by atoms with Crippen LogP contribution in [0.25, 0.3) is 0 Å². The minimum Gasteiger partial charge on any atom is -0.387 e. The third-order valence-corrected chi connectivity index (χ3v) is 1.16. The second kappa shape index (κ2) is 3.63. The SMILES string of the molecule is Nc1ncncc1NC(=O)CO. The van der Waals surface area contributed by atoms with E-state index in [4.69, 9.17) is 10.8 Å². The van der Waals surface area contributed by atoms with Crippen LogP contribution in [0, 0.1) is 0 Å². The van der Waals surface area contributed by atoms with Crippen LogP contribution in [0.15, 0.2) is 12.5 Å². The highest BCUT2D eigenvalue weighted by molar-refractivity contribution is 5.93. The van der Waals surface area contributed by atoms with E-state index in [0.29, 0.717) is 5.69 Å². The van der Waals surface area contributed by atoms with E-state index >= 15 is 0 Å². The molecule has 4 N–H and O–H groups in total. The van der Waals surface area contributed by atoms with Crippen molar-refractivity contribution in [2.75, 3.05) is 17.7 Å². The van der Waals surface area contributed by atoms with Crippen molar-refractivity contribution in [2.45, 2.75) is 0 Å². The molecule has 0 saturated heterocycles. The molecule has 6 heteroatoms. The summed E-state index contributed by atoms with van der Waals surface area (Å²) in [5.41, 5.74) is 5.68. The first-order valence-electron chi connectivity index (χ1n) is 3.20. The van der Waals surface area contributed by atoms with Gasteiger partial charge in [0.2, 0.25) is 5.91 Å². The Kier molecular flexibility index (Phi) is 2.54. The van der Waals surface area contributed by atoms with Crippen LogP contribution in [-0.4, -0.2) is 27.6 Å². The summed E-state index contributed by atoms with van der Waals surface area (Å²) >= 11 is 0. The minimum absolute atomic E-state index is 0.173. The van der Waals surface area contributed by atoms with Crippen molar-refractivity contribution < 1.29 is 9.90 Å². The Labute approximate surface area is 68.4 Å². The van der Waals surface area contributed by atoms with Crippen LogP contribution in [0.3, 0.4) is 0 Å². The molecule has 0 spiro atoms. The third kappa shape index (κ3) is 1.89. The van der Waals surface area contributed by atoms with Gasteiger partial charge in [0.1, 0.15) is 18.6 Å². The van der Waals surface area contributed by atoms with E-state index in [1.807, 2.05) is 0 Å². The monoisotopic (exact) mass is 168 g/mol. The van der Waals surface area contributed by atoms with Crippen LogP contribution in [-0.2, 0) is 4.79 Å². The normalized spacial score (nSPS) is 9.42. The molecule has 64 valence electrons. The van der Waals surface area contributed by atoms with Crippen molar-refractivity contribution in [3.8, 4) is 0 Å². The topological polar surface area (TPSA) is 101 Å². The third-order valence-electron chi connectivity index (χ3n) is 1.16. The smallest absolute Gasteiger partial charge is 0.250 e. The van der Waals surface area contributed by atoms with E-state index in [9.17, 15) is 4.79 Å². The second-order valence-electron chi connectivity index (χ2n) is 2.03. The number of amides is 1. The van der Waals surface area contributed by atoms with Gasteiger partial charge in [-0.15, -0.1) is 0 Å². The lowest BCUT2D eigenvalue weighted by Crippen LogP contribution is -2.16. The summed E-state index contributed by atoms with van der Waals surface area (Å²) in [5.74, 6) is -0.372. The molecule has 1 aromatic heterocycles. The average molecular weight is 168 g/mol. The summed E-state index contributed by atoms with van der Waals surface area (Å²) in [6, 6.07) is 0. The van der Waals surface area contributed by atoms with Crippen LogP contribution >= 0.6 is 0 Å². The molecule has 0 saturated carbocycles. The molecule has 0 aromatic carbocycles. The first-order valence-corrected chi connectivity index (χ1v) is 3.20.